The lowest BCUT2D eigenvalue weighted by atomic mass is 9.81. The van der Waals surface area contributed by atoms with Gasteiger partial charge in [0.25, 0.3) is 1.43 Å². The van der Waals surface area contributed by atoms with E-state index >= 15 is 0 Å². The zero-order chi connectivity index (χ0) is 13.6. The maximum Gasteiger partial charge on any atom is 0.303 e. The quantitative estimate of drug-likeness (QED) is 0.643. The van der Waals surface area contributed by atoms with Crippen molar-refractivity contribution in [2.75, 3.05) is 0 Å². The molecule has 4 heteroatoms. The largest absolute Gasteiger partial charge is 0.481 e. The fourth-order valence-electron chi connectivity index (χ4n) is 1.48. The molecule has 0 amide bonds. The average Bonchev–Trinajstić information content (AvgIpc) is 2.44. The molecule has 0 heterocycles. The summed E-state index contributed by atoms with van der Waals surface area (Å²) in [5.41, 5.74) is -0.110. The number of thiocarbonyl (C=S) groups is 1. The van der Waals surface area contributed by atoms with Crippen molar-refractivity contribution in [1.82, 2.24) is 0 Å². The maximum atomic E-state index is 11.0. The van der Waals surface area contributed by atoms with Gasteiger partial charge in [0, 0.05) is 11.3 Å². The number of carbonyl (C=O) groups is 1. The summed E-state index contributed by atoms with van der Waals surface area (Å²) < 4.78 is 6.48. The van der Waals surface area contributed by atoms with Crippen LogP contribution in [0.4, 0.5) is 0 Å². The topological polar surface area (TPSA) is 61.1 Å². The first kappa shape index (κ1) is 11.7. The molecule has 0 spiro atoms. The fourth-order valence-corrected chi connectivity index (χ4v) is 1.76. The van der Waals surface area contributed by atoms with Gasteiger partial charge < -0.3 is 5.11 Å². The zero-order valence-corrected chi connectivity index (χ0v) is 10.3. The Labute approximate surface area is 107 Å². The number of hydrogen-bond donors (Lipinski definition) is 1. The highest BCUT2D eigenvalue weighted by atomic mass is 32.1. The van der Waals surface area contributed by atoms with E-state index in [1.165, 1.54) is 0 Å². The van der Waals surface area contributed by atoms with Gasteiger partial charge in [0.05, 0.1) is 11.5 Å². The van der Waals surface area contributed by atoms with E-state index in [0.717, 1.165) is 5.56 Å². The first-order valence-corrected chi connectivity index (χ1v) is 5.61. The fraction of sp³-hybridized carbons (Fsp3) is 0.308. The molecule has 3 nitrogen and oxygen atoms in total. The van der Waals surface area contributed by atoms with Gasteiger partial charge in [-0.2, -0.15) is 5.26 Å². The van der Waals surface area contributed by atoms with Gasteiger partial charge in [-0.15, -0.1) is 0 Å². The van der Waals surface area contributed by atoms with Crippen LogP contribution in [0.3, 0.4) is 0 Å². The summed E-state index contributed by atoms with van der Waals surface area (Å²) in [7, 11) is 0. The van der Waals surface area contributed by atoms with E-state index in [4.69, 9.17) is 13.6 Å². The second kappa shape index (κ2) is 5.55. The van der Waals surface area contributed by atoms with Crippen LogP contribution in [-0.4, -0.2) is 15.9 Å². The van der Waals surface area contributed by atoms with E-state index in [1.54, 1.807) is 6.92 Å². The van der Waals surface area contributed by atoms with Crippen LogP contribution in [0.25, 0.3) is 1.43 Å². The van der Waals surface area contributed by atoms with E-state index in [-0.39, 0.29) is 12.8 Å². The Balaban J connectivity index is 2.85. The van der Waals surface area contributed by atoms with E-state index in [9.17, 15) is 10.1 Å². The number of hydrogen-bond acceptors (Lipinski definition) is 4. The monoisotopic (exact) mass is 248 g/mol. The van der Waals surface area contributed by atoms with E-state index in [1.807, 2.05) is 30.3 Å². The second-order valence-electron chi connectivity index (χ2n) is 4.01. The van der Waals surface area contributed by atoms with Crippen molar-refractivity contribution in [3.8, 4) is 6.07 Å². The summed E-state index contributed by atoms with van der Waals surface area (Å²) in [4.78, 5) is 11.5. The van der Waals surface area contributed by atoms with Crippen molar-refractivity contribution >= 4 is 23.1 Å². The summed E-state index contributed by atoms with van der Waals surface area (Å²) in [5, 5.41) is 13.1. The summed E-state index contributed by atoms with van der Waals surface area (Å²) in [5.74, 6) is -0.660. The SMILES string of the molecule is [2H]OC(=O)CCC(C)(C#N)C(=S)c1ccccc1. The molecule has 1 N–H and O–H groups in total. The Morgan fingerprint density at radius 1 is 1.59 bits per heavy atom. The molecule has 1 atom stereocenters. The summed E-state index contributed by atoms with van der Waals surface area (Å²) in [6.07, 6.45) is 0.246. The van der Waals surface area contributed by atoms with Crippen LogP contribution in [0.1, 0.15) is 25.3 Å². The number of carboxylic acids is 1. The van der Waals surface area contributed by atoms with Gasteiger partial charge in [0.2, 0.25) is 0 Å². The Hall–Kier alpha value is -1.73. The number of nitrogens with zero attached hydrogens (tertiary/aromatic N) is 1. The molecule has 0 saturated heterocycles. The van der Waals surface area contributed by atoms with Crippen molar-refractivity contribution in [2.45, 2.75) is 19.8 Å². The molecule has 0 saturated carbocycles. The van der Waals surface area contributed by atoms with Crippen molar-refractivity contribution in [3.05, 3.63) is 35.9 Å². The molecular formula is C13H13NO2S. The summed E-state index contributed by atoms with van der Waals surface area (Å²) >= 11 is 5.32. The maximum absolute atomic E-state index is 11.0. The Morgan fingerprint density at radius 3 is 2.76 bits per heavy atom. The predicted molar refractivity (Wildman–Crippen MR) is 68.7 cm³/mol. The molecule has 1 aromatic carbocycles. The molecule has 0 aromatic heterocycles. The van der Waals surface area contributed by atoms with Crippen LogP contribution in [0, 0.1) is 16.7 Å². The molecular weight excluding hydrogens is 234 g/mol. The Bertz CT molecular complexity index is 484. The lowest BCUT2D eigenvalue weighted by Crippen LogP contribution is -2.26. The van der Waals surface area contributed by atoms with Gasteiger partial charge in [-0.3, -0.25) is 4.79 Å². The highest BCUT2D eigenvalue weighted by Crippen LogP contribution is 2.28. The highest BCUT2D eigenvalue weighted by molar-refractivity contribution is 7.81. The second-order valence-corrected chi connectivity index (χ2v) is 4.42. The van der Waals surface area contributed by atoms with Crippen LogP contribution in [0.15, 0.2) is 30.3 Å². The first-order chi connectivity index (χ1) is 8.53. The van der Waals surface area contributed by atoms with Crippen LogP contribution in [-0.2, 0) is 4.79 Å². The lowest BCUT2D eigenvalue weighted by molar-refractivity contribution is -0.137. The van der Waals surface area contributed by atoms with Crippen molar-refractivity contribution < 1.29 is 9.90 Å². The normalized spacial score (nSPS) is 14.0. The molecule has 0 aliphatic rings. The molecule has 1 unspecified atom stereocenters. The number of rotatable bonds is 5. The molecule has 1 aromatic rings. The molecule has 0 aliphatic heterocycles. The minimum Gasteiger partial charge on any atom is -0.481 e. The van der Waals surface area contributed by atoms with Gasteiger partial charge in [0.15, 0.2) is 0 Å². The first-order valence-electron chi connectivity index (χ1n) is 5.61. The molecule has 17 heavy (non-hydrogen) atoms. The smallest absolute Gasteiger partial charge is 0.303 e. The number of aliphatic carboxylic acids is 1. The predicted octanol–water partition coefficient (Wildman–Crippen LogP) is 2.80. The minimum atomic E-state index is -0.912. The van der Waals surface area contributed by atoms with Crippen LogP contribution in [0.2, 0.25) is 0 Å². The molecule has 0 aliphatic carbocycles. The van der Waals surface area contributed by atoms with Crippen LogP contribution in [0.5, 0.6) is 0 Å². The van der Waals surface area contributed by atoms with Crippen LogP contribution >= 0.6 is 12.2 Å². The number of nitriles is 1. The zero-order valence-electron chi connectivity index (χ0n) is 10.5. The van der Waals surface area contributed by atoms with Crippen molar-refractivity contribution in [1.29, 1.82) is 6.69 Å². The van der Waals surface area contributed by atoms with Crippen molar-refractivity contribution in [3.63, 3.8) is 0 Å². The van der Waals surface area contributed by atoms with Gasteiger partial charge in [-0.25, -0.2) is 0 Å². The van der Waals surface area contributed by atoms with Gasteiger partial charge in [-0.1, -0.05) is 42.5 Å². The Morgan fingerprint density at radius 2 is 2.24 bits per heavy atom. The van der Waals surface area contributed by atoms with E-state index in [0.29, 0.717) is 4.86 Å². The van der Waals surface area contributed by atoms with Gasteiger partial charge in [-0.05, 0) is 18.9 Å². The highest BCUT2D eigenvalue weighted by Gasteiger charge is 2.30. The number of carboxylic acid groups (broad SMARTS) is 1. The Kier molecular flexibility index (Phi) is 3.84. The van der Waals surface area contributed by atoms with E-state index < -0.39 is 11.4 Å². The molecule has 1 rings (SSSR count). The standard InChI is InChI=1S/C13H13NO2S/c1-13(9-14,8-7-11(15)16)12(17)10-5-3-2-4-6-10/h2-6H,7-8H2,1H3,(H,15,16)/i/hD. The lowest BCUT2D eigenvalue weighted by Gasteiger charge is -2.22. The molecule has 0 fully saturated rings. The molecule has 88 valence electrons. The van der Waals surface area contributed by atoms with Gasteiger partial charge in [0.1, 0.15) is 0 Å². The third-order valence-corrected chi connectivity index (χ3v) is 3.30. The molecule has 0 bridgehead atoms. The molecule has 0 radical (unpaired) electrons. The third-order valence-electron chi connectivity index (χ3n) is 2.61. The van der Waals surface area contributed by atoms with Crippen LogP contribution < -0.4 is 0 Å². The van der Waals surface area contributed by atoms with Gasteiger partial charge >= 0.3 is 5.97 Å². The third kappa shape index (κ3) is 3.36. The number of benzene rings is 1. The summed E-state index contributed by atoms with van der Waals surface area (Å²) in [6, 6.07) is 11.4. The summed E-state index contributed by atoms with van der Waals surface area (Å²) in [6.45, 7) is 1.69. The minimum absolute atomic E-state index is 0.000529. The van der Waals surface area contributed by atoms with Crippen molar-refractivity contribution in [2.24, 2.45) is 5.41 Å². The van der Waals surface area contributed by atoms with E-state index in [2.05, 4.69) is 11.2 Å². The average molecular weight is 248 g/mol.